The van der Waals surface area contributed by atoms with Crippen LogP contribution < -0.4 is 5.32 Å². The molecular formula is C17H31NS. The van der Waals surface area contributed by atoms with E-state index >= 15 is 0 Å². The average molecular weight is 282 g/mol. The quantitative estimate of drug-likeness (QED) is 0.798. The van der Waals surface area contributed by atoms with Gasteiger partial charge in [0.2, 0.25) is 0 Å². The van der Waals surface area contributed by atoms with Crippen molar-refractivity contribution < 1.29 is 0 Å². The lowest BCUT2D eigenvalue weighted by molar-refractivity contribution is 0.163. The number of hydrogen-bond acceptors (Lipinski definition) is 2. The van der Waals surface area contributed by atoms with E-state index in [1.54, 1.807) is 0 Å². The molecule has 2 atom stereocenters. The maximum absolute atomic E-state index is 4.04. The van der Waals surface area contributed by atoms with E-state index in [-0.39, 0.29) is 0 Å². The summed E-state index contributed by atoms with van der Waals surface area (Å²) >= 11 is 2.19. The highest BCUT2D eigenvalue weighted by atomic mass is 32.2. The summed E-state index contributed by atoms with van der Waals surface area (Å²) in [6.45, 7) is 2.31. The van der Waals surface area contributed by atoms with Crippen molar-refractivity contribution in [2.45, 2.75) is 94.9 Å². The van der Waals surface area contributed by atoms with Crippen molar-refractivity contribution in [1.29, 1.82) is 0 Å². The Kier molecular flexibility index (Phi) is 4.79. The van der Waals surface area contributed by atoms with Crippen LogP contribution in [0.1, 0.15) is 77.6 Å². The van der Waals surface area contributed by atoms with Crippen LogP contribution in [0.25, 0.3) is 0 Å². The summed E-state index contributed by atoms with van der Waals surface area (Å²) in [4.78, 5) is 0. The number of hydrogen-bond donors (Lipinski definition) is 1. The van der Waals surface area contributed by atoms with Crippen LogP contribution in [-0.2, 0) is 0 Å². The molecule has 110 valence electrons. The molecule has 0 radical (unpaired) electrons. The first-order valence-corrected chi connectivity index (χ1v) is 9.74. The molecule has 0 aromatic carbocycles. The van der Waals surface area contributed by atoms with Crippen molar-refractivity contribution in [2.75, 3.05) is 5.75 Å². The topological polar surface area (TPSA) is 12.0 Å². The number of nitrogens with one attached hydrogen (secondary N) is 1. The van der Waals surface area contributed by atoms with Crippen LogP contribution in [0.15, 0.2) is 0 Å². The van der Waals surface area contributed by atoms with Crippen molar-refractivity contribution in [1.82, 2.24) is 5.32 Å². The smallest absolute Gasteiger partial charge is 0.0201 e. The molecule has 1 N–H and O–H groups in total. The van der Waals surface area contributed by atoms with Gasteiger partial charge in [0.25, 0.3) is 0 Å². The molecule has 2 heteroatoms. The Morgan fingerprint density at radius 2 is 1.68 bits per heavy atom. The van der Waals surface area contributed by atoms with Gasteiger partial charge in [0.15, 0.2) is 0 Å². The Morgan fingerprint density at radius 3 is 2.37 bits per heavy atom. The summed E-state index contributed by atoms with van der Waals surface area (Å²) in [7, 11) is 0. The van der Waals surface area contributed by atoms with E-state index in [2.05, 4.69) is 24.0 Å². The number of rotatable bonds is 4. The minimum absolute atomic E-state index is 0.797. The summed E-state index contributed by atoms with van der Waals surface area (Å²) in [6.07, 6.45) is 16.4. The first-order chi connectivity index (χ1) is 9.31. The lowest BCUT2D eigenvalue weighted by Crippen LogP contribution is -2.44. The standard InChI is InChI=1S/C17H31NS/c1-2-19-16-7-5-6-15(16)18-14-8-12-17(13-9-14)10-3-4-11-17/h14-16,18H,2-13H2,1H3. The minimum atomic E-state index is 0.797. The van der Waals surface area contributed by atoms with Gasteiger partial charge in [-0.1, -0.05) is 26.2 Å². The van der Waals surface area contributed by atoms with Gasteiger partial charge in [-0.15, -0.1) is 0 Å². The van der Waals surface area contributed by atoms with E-state index in [4.69, 9.17) is 0 Å². The molecule has 0 aromatic heterocycles. The van der Waals surface area contributed by atoms with E-state index in [9.17, 15) is 0 Å². The maximum atomic E-state index is 4.04. The molecule has 3 fully saturated rings. The van der Waals surface area contributed by atoms with Gasteiger partial charge >= 0.3 is 0 Å². The molecule has 0 aliphatic heterocycles. The minimum Gasteiger partial charge on any atom is -0.310 e. The number of thioether (sulfide) groups is 1. The second-order valence-corrected chi connectivity index (χ2v) is 8.70. The van der Waals surface area contributed by atoms with Gasteiger partial charge in [0, 0.05) is 17.3 Å². The average Bonchev–Trinajstić information content (AvgIpc) is 3.04. The zero-order chi connectivity index (χ0) is 13.1. The molecule has 1 nitrogen and oxygen atoms in total. The first kappa shape index (κ1) is 14.3. The van der Waals surface area contributed by atoms with Crippen LogP contribution in [0, 0.1) is 5.41 Å². The molecule has 19 heavy (non-hydrogen) atoms. The monoisotopic (exact) mass is 281 g/mol. The van der Waals surface area contributed by atoms with Gasteiger partial charge in [-0.2, -0.15) is 11.8 Å². The fourth-order valence-corrected chi connectivity index (χ4v) is 6.06. The van der Waals surface area contributed by atoms with Crippen LogP contribution in [-0.4, -0.2) is 23.1 Å². The predicted octanol–water partition coefficient (Wildman–Crippen LogP) is 4.75. The summed E-state index contributed by atoms with van der Waals surface area (Å²) < 4.78 is 0. The Morgan fingerprint density at radius 1 is 0.947 bits per heavy atom. The highest BCUT2D eigenvalue weighted by Crippen LogP contribution is 2.49. The van der Waals surface area contributed by atoms with Gasteiger partial charge in [0.1, 0.15) is 0 Å². The summed E-state index contributed by atoms with van der Waals surface area (Å²) in [5.41, 5.74) is 0.797. The van der Waals surface area contributed by atoms with Crippen molar-refractivity contribution >= 4 is 11.8 Å². The van der Waals surface area contributed by atoms with Crippen molar-refractivity contribution in [2.24, 2.45) is 5.41 Å². The van der Waals surface area contributed by atoms with Gasteiger partial charge < -0.3 is 5.32 Å². The van der Waals surface area contributed by atoms with E-state index in [0.29, 0.717) is 0 Å². The Hall–Kier alpha value is 0.310. The van der Waals surface area contributed by atoms with Crippen LogP contribution >= 0.6 is 11.8 Å². The molecule has 1 spiro atoms. The van der Waals surface area contributed by atoms with Crippen LogP contribution in [0.4, 0.5) is 0 Å². The molecule has 3 rings (SSSR count). The van der Waals surface area contributed by atoms with Gasteiger partial charge in [0.05, 0.1) is 0 Å². The fraction of sp³-hybridized carbons (Fsp3) is 1.00. The van der Waals surface area contributed by atoms with Crippen molar-refractivity contribution in [3.63, 3.8) is 0 Å². The van der Waals surface area contributed by atoms with Crippen LogP contribution in [0.2, 0.25) is 0 Å². The largest absolute Gasteiger partial charge is 0.310 e. The molecule has 0 aromatic rings. The molecule has 0 heterocycles. The normalized spacial score (nSPS) is 35.2. The molecule has 2 unspecified atom stereocenters. The molecule has 0 amide bonds. The van der Waals surface area contributed by atoms with E-state index in [1.165, 1.54) is 76.4 Å². The predicted molar refractivity (Wildman–Crippen MR) is 85.9 cm³/mol. The second kappa shape index (κ2) is 6.39. The summed E-state index contributed by atoms with van der Waals surface area (Å²) in [5, 5.41) is 4.95. The van der Waals surface area contributed by atoms with Crippen molar-refractivity contribution in [3.8, 4) is 0 Å². The van der Waals surface area contributed by atoms with Crippen LogP contribution in [0.5, 0.6) is 0 Å². The second-order valence-electron chi connectivity index (χ2n) is 7.18. The van der Waals surface area contributed by atoms with E-state index < -0.39 is 0 Å². The zero-order valence-electron chi connectivity index (χ0n) is 12.6. The molecule has 0 saturated heterocycles. The Balaban J connectivity index is 1.46. The van der Waals surface area contributed by atoms with Crippen LogP contribution in [0.3, 0.4) is 0 Å². The van der Waals surface area contributed by atoms with Crippen molar-refractivity contribution in [3.05, 3.63) is 0 Å². The maximum Gasteiger partial charge on any atom is 0.0201 e. The third-order valence-electron chi connectivity index (χ3n) is 5.99. The van der Waals surface area contributed by atoms with E-state index in [0.717, 1.165) is 22.7 Å². The molecule has 0 bridgehead atoms. The third kappa shape index (κ3) is 3.32. The lowest BCUT2D eigenvalue weighted by Gasteiger charge is -2.39. The highest BCUT2D eigenvalue weighted by Gasteiger charge is 2.38. The van der Waals surface area contributed by atoms with E-state index in [1.807, 2.05) is 0 Å². The third-order valence-corrected chi connectivity index (χ3v) is 7.32. The lowest BCUT2D eigenvalue weighted by atomic mass is 9.71. The van der Waals surface area contributed by atoms with Gasteiger partial charge in [-0.25, -0.2) is 0 Å². The Labute approximate surface area is 123 Å². The molecule has 3 aliphatic rings. The highest BCUT2D eigenvalue weighted by molar-refractivity contribution is 7.99. The fourth-order valence-electron chi connectivity index (χ4n) is 4.85. The SMILES string of the molecule is CCSC1CCCC1NC1CCC2(CCCC2)CC1. The van der Waals surface area contributed by atoms with Gasteiger partial charge in [-0.3, -0.25) is 0 Å². The Bertz CT molecular complexity index is 275. The molecule has 3 aliphatic carbocycles. The summed E-state index contributed by atoms with van der Waals surface area (Å²) in [6, 6.07) is 1.67. The zero-order valence-corrected chi connectivity index (χ0v) is 13.4. The van der Waals surface area contributed by atoms with Gasteiger partial charge in [-0.05, 0) is 62.5 Å². The summed E-state index contributed by atoms with van der Waals surface area (Å²) in [5.74, 6) is 1.29. The molecule has 3 saturated carbocycles. The molecular weight excluding hydrogens is 250 g/mol. The first-order valence-electron chi connectivity index (χ1n) is 8.69.